The maximum Gasteiger partial charge on any atom is 0.135 e. The largest absolute Gasteiger partial charge is 0.299 e. The van der Waals surface area contributed by atoms with Gasteiger partial charge in [-0.25, -0.2) is 0 Å². The molecule has 1 radical (unpaired) electrons. The van der Waals surface area contributed by atoms with E-state index in [1.807, 2.05) is 13.8 Å². The van der Waals surface area contributed by atoms with E-state index < -0.39 is 0 Å². The second-order valence-electron chi connectivity index (χ2n) is 2.03. The summed E-state index contributed by atoms with van der Waals surface area (Å²) >= 11 is 0. The highest BCUT2D eigenvalue weighted by atomic mass is 16.1. The first-order chi connectivity index (χ1) is 3.72. The summed E-state index contributed by atoms with van der Waals surface area (Å²) < 4.78 is 0. The SMILES string of the molecule is [CH2]CC(=O)C(C)CC. The van der Waals surface area contributed by atoms with Crippen molar-refractivity contribution in [2.75, 3.05) is 0 Å². The van der Waals surface area contributed by atoms with E-state index in [4.69, 9.17) is 0 Å². The topological polar surface area (TPSA) is 17.1 Å². The fourth-order valence-electron chi connectivity index (χ4n) is 0.474. The van der Waals surface area contributed by atoms with Crippen molar-refractivity contribution in [2.24, 2.45) is 5.92 Å². The van der Waals surface area contributed by atoms with Crippen LogP contribution in [0.2, 0.25) is 0 Å². The molecule has 0 N–H and O–H groups in total. The number of hydrogen-bond donors (Lipinski definition) is 0. The first kappa shape index (κ1) is 7.67. The van der Waals surface area contributed by atoms with Gasteiger partial charge in [-0.3, -0.25) is 4.79 Å². The van der Waals surface area contributed by atoms with Crippen molar-refractivity contribution in [2.45, 2.75) is 26.7 Å². The first-order valence-corrected chi connectivity index (χ1v) is 3.04. The Morgan fingerprint density at radius 1 is 1.75 bits per heavy atom. The van der Waals surface area contributed by atoms with Gasteiger partial charge in [0.2, 0.25) is 0 Å². The fourth-order valence-corrected chi connectivity index (χ4v) is 0.474. The van der Waals surface area contributed by atoms with E-state index in [0.717, 1.165) is 6.42 Å². The molecule has 0 aliphatic heterocycles. The number of hydrogen-bond acceptors (Lipinski definition) is 1. The second-order valence-corrected chi connectivity index (χ2v) is 2.03. The third-order valence-corrected chi connectivity index (χ3v) is 1.41. The van der Waals surface area contributed by atoms with Crippen molar-refractivity contribution < 1.29 is 4.79 Å². The molecule has 0 saturated carbocycles. The molecule has 1 nitrogen and oxygen atoms in total. The Morgan fingerprint density at radius 3 is 2.38 bits per heavy atom. The quantitative estimate of drug-likeness (QED) is 0.545. The molecule has 0 saturated heterocycles. The summed E-state index contributed by atoms with van der Waals surface area (Å²) in [7, 11) is 0. The third kappa shape index (κ3) is 2.10. The lowest BCUT2D eigenvalue weighted by molar-refractivity contribution is -0.121. The van der Waals surface area contributed by atoms with Gasteiger partial charge in [0.25, 0.3) is 0 Å². The van der Waals surface area contributed by atoms with Gasteiger partial charge in [-0.1, -0.05) is 13.8 Å². The first-order valence-electron chi connectivity index (χ1n) is 3.04. The minimum absolute atomic E-state index is 0.215. The van der Waals surface area contributed by atoms with Crippen LogP contribution in [0.4, 0.5) is 0 Å². The molecule has 47 valence electrons. The molecule has 0 bridgehead atoms. The van der Waals surface area contributed by atoms with Gasteiger partial charge >= 0.3 is 0 Å². The monoisotopic (exact) mass is 113 g/mol. The van der Waals surface area contributed by atoms with E-state index >= 15 is 0 Å². The highest BCUT2D eigenvalue weighted by molar-refractivity contribution is 5.80. The predicted octanol–water partition coefficient (Wildman–Crippen LogP) is 1.83. The smallest absolute Gasteiger partial charge is 0.135 e. The fraction of sp³-hybridized carbons (Fsp3) is 0.714. The maximum atomic E-state index is 10.7. The van der Waals surface area contributed by atoms with Crippen LogP contribution in [0.3, 0.4) is 0 Å². The number of rotatable bonds is 3. The molecule has 1 atom stereocenters. The van der Waals surface area contributed by atoms with Crippen LogP contribution in [-0.4, -0.2) is 5.78 Å². The zero-order valence-corrected chi connectivity index (χ0v) is 5.61. The van der Waals surface area contributed by atoms with E-state index in [0.29, 0.717) is 6.42 Å². The summed E-state index contributed by atoms with van der Waals surface area (Å²) in [6.07, 6.45) is 1.38. The molecule has 0 aliphatic carbocycles. The van der Waals surface area contributed by atoms with Crippen molar-refractivity contribution >= 4 is 5.78 Å². The average molecular weight is 113 g/mol. The molecule has 0 heterocycles. The molecular weight excluding hydrogens is 100 g/mol. The Balaban J connectivity index is 3.46. The van der Waals surface area contributed by atoms with Gasteiger partial charge in [0.15, 0.2) is 0 Å². The van der Waals surface area contributed by atoms with Crippen molar-refractivity contribution in [3.8, 4) is 0 Å². The summed E-state index contributed by atoms with van der Waals surface area (Å²) in [5.74, 6) is 0.486. The summed E-state index contributed by atoms with van der Waals surface area (Å²) in [5.41, 5.74) is 0. The summed E-state index contributed by atoms with van der Waals surface area (Å²) in [4.78, 5) is 10.7. The van der Waals surface area contributed by atoms with E-state index in [1.165, 1.54) is 0 Å². The van der Waals surface area contributed by atoms with Gasteiger partial charge in [0, 0.05) is 12.3 Å². The van der Waals surface area contributed by atoms with Gasteiger partial charge in [-0.15, -0.1) is 0 Å². The molecule has 1 unspecified atom stereocenters. The zero-order chi connectivity index (χ0) is 6.57. The van der Waals surface area contributed by atoms with Crippen LogP contribution in [0.1, 0.15) is 26.7 Å². The van der Waals surface area contributed by atoms with Crippen molar-refractivity contribution in [1.82, 2.24) is 0 Å². The molecule has 0 aromatic rings. The Labute approximate surface area is 51.1 Å². The number of Topliss-reactive ketones (excluding diaryl/α,β-unsaturated/α-hetero) is 1. The van der Waals surface area contributed by atoms with E-state index in [-0.39, 0.29) is 11.7 Å². The van der Waals surface area contributed by atoms with Crippen LogP contribution in [0.5, 0.6) is 0 Å². The standard InChI is InChI=1S/C7H13O/c1-4-6(3)7(8)5-2/h6H,2,4-5H2,1,3H3. The van der Waals surface area contributed by atoms with Crippen molar-refractivity contribution in [3.05, 3.63) is 6.92 Å². The Bertz CT molecular complexity index is 76.5. The lowest BCUT2D eigenvalue weighted by atomic mass is 10.0. The zero-order valence-electron chi connectivity index (χ0n) is 5.61. The van der Waals surface area contributed by atoms with Gasteiger partial charge in [-0.2, -0.15) is 0 Å². The van der Waals surface area contributed by atoms with Crippen LogP contribution in [0.25, 0.3) is 0 Å². The molecule has 0 spiro atoms. The molecule has 8 heavy (non-hydrogen) atoms. The highest BCUT2D eigenvalue weighted by Crippen LogP contribution is 2.03. The van der Waals surface area contributed by atoms with Gasteiger partial charge in [-0.05, 0) is 13.3 Å². The molecule has 0 aromatic carbocycles. The minimum Gasteiger partial charge on any atom is -0.299 e. The van der Waals surface area contributed by atoms with Gasteiger partial charge in [0.05, 0.1) is 0 Å². The molecule has 0 rings (SSSR count). The second kappa shape index (κ2) is 3.65. The lowest BCUT2D eigenvalue weighted by Gasteiger charge is -2.01. The van der Waals surface area contributed by atoms with E-state index in [1.54, 1.807) is 0 Å². The van der Waals surface area contributed by atoms with Crippen molar-refractivity contribution in [1.29, 1.82) is 0 Å². The summed E-state index contributed by atoms with van der Waals surface area (Å²) in [6, 6.07) is 0. The molecule has 1 heteroatoms. The Hall–Kier alpha value is -0.330. The Morgan fingerprint density at radius 2 is 2.25 bits per heavy atom. The molecule has 0 aliphatic rings. The summed E-state index contributed by atoms with van der Waals surface area (Å²) in [5, 5.41) is 0. The van der Waals surface area contributed by atoms with Crippen molar-refractivity contribution in [3.63, 3.8) is 0 Å². The molecule has 0 aromatic heterocycles. The normalized spacial score (nSPS) is 13.4. The van der Waals surface area contributed by atoms with E-state index in [9.17, 15) is 4.79 Å². The van der Waals surface area contributed by atoms with Gasteiger partial charge < -0.3 is 0 Å². The number of carbonyl (C=O) groups is 1. The molecular formula is C7H13O. The maximum absolute atomic E-state index is 10.7. The Kier molecular flexibility index (Phi) is 3.49. The number of carbonyl (C=O) groups excluding carboxylic acids is 1. The molecule has 0 amide bonds. The lowest BCUT2D eigenvalue weighted by Crippen LogP contribution is -2.07. The van der Waals surface area contributed by atoms with Crippen LogP contribution < -0.4 is 0 Å². The van der Waals surface area contributed by atoms with E-state index in [2.05, 4.69) is 6.92 Å². The van der Waals surface area contributed by atoms with Crippen LogP contribution in [-0.2, 0) is 4.79 Å². The predicted molar refractivity (Wildman–Crippen MR) is 34.4 cm³/mol. The third-order valence-electron chi connectivity index (χ3n) is 1.41. The molecule has 0 fully saturated rings. The highest BCUT2D eigenvalue weighted by Gasteiger charge is 2.05. The minimum atomic E-state index is 0.215. The van der Waals surface area contributed by atoms with Crippen LogP contribution in [0.15, 0.2) is 0 Å². The number of ketones is 1. The van der Waals surface area contributed by atoms with Crippen LogP contribution in [0, 0.1) is 12.8 Å². The average Bonchev–Trinajstić information content (AvgIpc) is 1.84. The summed E-state index contributed by atoms with van der Waals surface area (Å²) in [6.45, 7) is 7.46. The van der Waals surface area contributed by atoms with Crippen LogP contribution >= 0.6 is 0 Å². The van der Waals surface area contributed by atoms with Gasteiger partial charge in [0.1, 0.15) is 5.78 Å².